The van der Waals surface area contributed by atoms with Crippen LogP contribution in [0.4, 0.5) is 5.82 Å². The molecule has 5 heteroatoms. The van der Waals surface area contributed by atoms with Gasteiger partial charge in [0, 0.05) is 38.5 Å². The van der Waals surface area contributed by atoms with Gasteiger partial charge in [-0.15, -0.1) is 0 Å². The van der Waals surface area contributed by atoms with Crippen molar-refractivity contribution in [1.29, 1.82) is 0 Å². The molecule has 0 aliphatic heterocycles. The van der Waals surface area contributed by atoms with E-state index in [9.17, 15) is 0 Å². The van der Waals surface area contributed by atoms with E-state index in [2.05, 4.69) is 34.1 Å². The zero-order valence-corrected chi connectivity index (χ0v) is 10.6. The SMILES string of the molecule is CNc1cc(-c2nccn2C)nc(C(C)C)n1. The van der Waals surface area contributed by atoms with Crippen LogP contribution in [0, 0.1) is 0 Å². The van der Waals surface area contributed by atoms with Crippen molar-refractivity contribution < 1.29 is 0 Å². The molecule has 0 bridgehead atoms. The van der Waals surface area contributed by atoms with E-state index in [1.165, 1.54) is 0 Å². The predicted octanol–water partition coefficient (Wildman–Crippen LogP) is 2.04. The average Bonchev–Trinajstić information content (AvgIpc) is 2.74. The van der Waals surface area contributed by atoms with E-state index in [0.29, 0.717) is 5.92 Å². The van der Waals surface area contributed by atoms with Crippen LogP contribution in [-0.2, 0) is 7.05 Å². The van der Waals surface area contributed by atoms with Gasteiger partial charge in [-0.1, -0.05) is 13.8 Å². The maximum Gasteiger partial charge on any atom is 0.158 e. The second-order valence-corrected chi connectivity index (χ2v) is 4.26. The zero-order chi connectivity index (χ0) is 12.4. The molecule has 0 spiro atoms. The van der Waals surface area contributed by atoms with Crippen molar-refractivity contribution in [3.05, 3.63) is 24.3 Å². The summed E-state index contributed by atoms with van der Waals surface area (Å²) in [5, 5.41) is 3.06. The minimum absolute atomic E-state index is 0.294. The largest absolute Gasteiger partial charge is 0.373 e. The number of hydrogen-bond acceptors (Lipinski definition) is 4. The van der Waals surface area contributed by atoms with Crippen LogP contribution >= 0.6 is 0 Å². The molecule has 0 aliphatic rings. The lowest BCUT2D eigenvalue weighted by atomic mass is 10.2. The monoisotopic (exact) mass is 231 g/mol. The van der Waals surface area contributed by atoms with E-state index in [0.717, 1.165) is 23.2 Å². The molecule has 5 nitrogen and oxygen atoms in total. The highest BCUT2D eigenvalue weighted by molar-refractivity contribution is 5.55. The Labute approximate surface area is 101 Å². The average molecular weight is 231 g/mol. The summed E-state index contributed by atoms with van der Waals surface area (Å²) >= 11 is 0. The van der Waals surface area contributed by atoms with Gasteiger partial charge in [-0.3, -0.25) is 0 Å². The fourth-order valence-electron chi connectivity index (χ4n) is 1.58. The van der Waals surface area contributed by atoms with Crippen molar-refractivity contribution in [2.45, 2.75) is 19.8 Å². The molecule has 1 N–H and O–H groups in total. The number of hydrogen-bond donors (Lipinski definition) is 1. The molecule has 0 saturated carbocycles. The van der Waals surface area contributed by atoms with Gasteiger partial charge in [0.05, 0.1) is 0 Å². The minimum atomic E-state index is 0.294. The van der Waals surface area contributed by atoms with Crippen LogP contribution in [0.5, 0.6) is 0 Å². The van der Waals surface area contributed by atoms with Gasteiger partial charge in [0.2, 0.25) is 0 Å². The molecule has 0 saturated heterocycles. The Morgan fingerprint density at radius 1 is 1.29 bits per heavy atom. The summed E-state index contributed by atoms with van der Waals surface area (Å²) in [7, 11) is 3.81. The number of nitrogens with one attached hydrogen (secondary N) is 1. The lowest BCUT2D eigenvalue weighted by molar-refractivity contribution is 0.774. The summed E-state index contributed by atoms with van der Waals surface area (Å²) in [6.07, 6.45) is 3.68. The summed E-state index contributed by atoms with van der Waals surface area (Å²) in [5.74, 6) is 2.80. The normalized spacial score (nSPS) is 10.9. The summed E-state index contributed by atoms with van der Waals surface area (Å²) in [4.78, 5) is 13.3. The molecular weight excluding hydrogens is 214 g/mol. The van der Waals surface area contributed by atoms with Gasteiger partial charge < -0.3 is 9.88 Å². The maximum atomic E-state index is 4.55. The summed E-state index contributed by atoms with van der Waals surface area (Å²) in [5.41, 5.74) is 0.848. The minimum Gasteiger partial charge on any atom is -0.373 e. The van der Waals surface area contributed by atoms with E-state index in [4.69, 9.17) is 0 Å². The van der Waals surface area contributed by atoms with E-state index < -0.39 is 0 Å². The second kappa shape index (κ2) is 4.53. The van der Waals surface area contributed by atoms with Crippen molar-refractivity contribution in [1.82, 2.24) is 19.5 Å². The quantitative estimate of drug-likeness (QED) is 0.878. The van der Waals surface area contributed by atoms with Gasteiger partial charge in [0.25, 0.3) is 0 Å². The first-order valence-corrected chi connectivity index (χ1v) is 5.66. The van der Waals surface area contributed by atoms with E-state index in [-0.39, 0.29) is 0 Å². The van der Waals surface area contributed by atoms with Crippen LogP contribution in [-0.4, -0.2) is 26.6 Å². The molecule has 0 amide bonds. The zero-order valence-electron chi connectivity index (χ0n) is 10.6. The molecule has 2 rings (SSSR count). The molecule has 0 unspecified atom stereocenters. The lowest BCUT2D eigenvalue weighted by Gasteiger charge is -2.09. The van der Waals surface area contributed by atoms with Crippen LogP contribution in [0.3, 0.4) is 0 Å². The van der Waals surface area contributed by atoms with Gasteiger partial charge >= 0.3 is 0 Å². The first-order chi connectivity index (χ1) is 8.11. The third kappa shape index (κ3) is 2.27. The predicted molar refractivity (Wildman–Crippen MR) is 67.9 cm³/mol. The lowest BCUT2D eigenvalue weighted by Crippen LogP contribution is -2.05. The summed E-state index contributed by atoms with van der Waals surface area (Å²) < 4.78 is 1.95. The molecule has 2 aromatic heterocycles. The molecule has 0 radical (unpaired) electrons. The van der Waals surface area contributed by atoms with Crippen molar-refractivity contribution in [3.63, 3.8) is 0 Å². The topological polar surface area (TPSA) is 55.6 Å². The van der Waals surface area contributed by atoms with Crippen LogP contribution in [0.25, 0.3) is 11.5 Å². The Morgan fingerprint density at radius 2 is 2.06 bits per heavy atom. The molecule has 0 atom stereocenters. The number of nitrogens with zero attached hydrogens (tertiary/aromatic N) is 4. The molecule has 90 valence electrons. The second-order valence-electron chi connectivity index (χ2n) is 4.26. The first kappa shape index (κ1) is 11.6. The molecule has 17 heavy (non-hydrogen) atoms. The van der Waals surface area contributed by atoms with Gasteiger partial charge in [0.1, 0.15) is 17.3 Å². The van der Waals surface area contributed by atoms with Gasteiger partial charge in [0.15, 0.2) is 5.82 Å². The maximum absolute atomic E-state index is 4.55. The highest BCUT2D eigenvalue weighted by Gasteiger charge is 2.11. The van der Waals surface area contributed by atoms with Gasteiger partial charge in [-0.25, -0.2) is 15.0 Å². The Kier molecular flexibility index (Phi) is 3.08. The molecule has 0 aromatic carbocycles. The number of rotatable bonds is 3. The van der Waals surface area contributed by atoms with Crippen LogP contribution in [0.1, 0.15) is 25.6 Å². The third-order valence-electron chi connectivity index (χ3n) is 2.57. The Bertz CT molecular complexity index is 515. The molecule has 2 heterocycles. The highest BCUT2D eigenvalue weighted by atomic mass is 15.1. The van der Waals surface area contributed by atoms with Crippen LogP contribution in [0.15, 0.2) is 18.5 Å². The standard InChI is InChI=1S/C12H17N5/c1-8(2)11-15-9(7-10(13-3)16-11)12-14-5-6-17(12)4/h5-8H,1-4H3,(H,13,15,16). The van der Waals surface area contributed by atoms with Gasteiger partial charge in [-0.2, -0.15) is 0 Å². The Hall–Kier alpha value is -1.91. The Morgan fingerprint density at radius 3 is 2.59 bits per heavy atom. The fourth-order valence-corrected chi connectivity index (χ4v) is 1.58. The smallest absolute Gasteiger partial charge is 0.158 e. The molecule has 0 aliphatic carbocycles. The summed E-state index contributed by atoms with van der Waals surface area (Å²) in [6.45, 7) is 4.16. The number of aryl methyl sites for hydroxylation is 1. The highest BCUT2D eigenvalue weighted by Crippen LogP contribution is 2.20. The molecular formula is C12H17N5. The van der Waals surface area contributed by atoms with Crippen molar-refractivity contribution in [2.75, 3.05) is 12.4 Å². The Balaban J connectivity index is 2.54. The number of imidazole rings is 1. The summed E-state index contributed by atoms with van der Waals surface area (Å²) in [6, 6.07) is 1.91. The third-order valence-corrected chi connectivity index (χ3v) is 2.57. The first-order valence-electron chi connectivity index (χ1n) is 5.66. The van der Waals surface area contributed by atoms with E-state index in [1.54, 1.807) is 6.20 Å². The van der Waals surface area contributed by atoms with Crippen molar-refractivity contribution in [3.8, 4) is 11.5 Å². The number of anilines is 1. The van der Waals surface area contributed by atoms with E-state index >= 15 is 0 Å². The fraction of sp³-hybridized carbons (Fsp3) is 0.417. The van der Waals surface area contributed by atoms with Crippen molar-refractivity contribution in [2.24, 2.45) is 7.05 Å². The van der Waals surface area contributed by atoms with Gasteiger partial charge in [-0.05, 0) is 0 Å². The molecule has 2 aromatic rings. The number of aromatic nitrogens is 4. The van der Waals surface area contributed by atoms with E-state index in [1.807, 2.05) is 30.9 Å². The molecule has 0 fully saturated rings. The van der Waals surface area contributed by atoms with Crippen LogP contribution in [0.2, 0.25) is 0 Å². The van der Waals surface area contributed by atoms with Crippen molar-refractivity contribution >= 4 is 5.82 Å². The van der Waals surface area contributed by atoms with Crippen LogP contribution < -0.4 is 5.32 Å².